The number of nitrogens with zero attached hydrogens (tertiary/aromatic N) is 4. The maximum absolute atomic E-state index is 15.0. The van der Waals surface area contributed by atoms with Gasteiger partial charge in [-0.3, -0.25) is 19.3 Å². The highest BCUT2D eigenvalue weighted by Gasteiger charge is 2.34. The average molecular weight is 514 g/mol. The van der Waals surface area contributed by atoms with Crippen molar-refractivity contribution in [2.75, 3.05) is 42.6 Å². The molecule has 194 valence electrons. The number of carbonyl (C=O) groups is 3. The first-order valence-electron chi connectivity index (χ1n) is 11.1. The predicted molar refractivity (Wildman–Crippen MR) is 114 cm³/mol. The molecule has 0 radical (unpaired) electrons. The smallest absolute Gasteiger partial charge is 0.414 e. The molecule has 3 heterocycles. The van der Waals surface area contributed by atoms with Crippen LogP contribution in [0.3, 0.4) is 0 Å². The van der Waals surface area contributed by atoms with Gasteiger partial charge in [0, 0.05) is 37.7 Å². The minimum absolute atomic E-state index is 0.0113. The average Bonchev–Trinajstić information content (AvgIpc) is 3.40. The Morgan fingerprint density at radius 3 is 2.56 bits per heavy atom. The quantitative estimate of drug-likeness (QED) is 0.496. The molecule has 2 fully saturated rings. The fourth-order valence-corrected chi connectivity index (χ4v) is 3.95. The number of alkyl halides is 2. The van der Waals surface area contributed by atoms with Crippen molar-refractivity contribution in [2.45, 2.75) is 31.8 Å². The molecule has 2 saturated heterocycles. The first-order chi connectivity index (χ1) is 17.2. The first kappa shape index (κ1) is 25.4. The first-order valence-corrected chi connectivity index (χ1v) is 11.1. The molecule has 2 aromatic rings. The minimum Gasteiger partial charge on any atom is -0.444 e. The number of hydroxylamine groups is 2. The highest BCUT2D eigenvalue weighted by molar-refractivity contribution is 5.90. The van der Waals surface area contributed by atoms with Gasteiger partial charge in [0.25, 0.3) is 12.3 Å². The summed E-state index contributed by atoms with van der Waals surface area (Å²) in [4.78, 5) is 43.5. The molecule has 1 aromatic heterocycles. The Morgan fingerprint density at radius 1 is 1.14 bits per heavy atom. The Hall–Kier alpha value is -3.68. The van der Waals surface area contributed by atoms with E-state index in [4.69, 9.17) is 14.1 Å². The Balaban J connectivity index is 1.40. The van der Waals surface area contributed by atoms with Crippen LogP contribution in [0.25, 0.3) is 0 Å². The second kappa shape index (κ2) is 10.9. The third-order valence-electron chi connectivity index (χ3n) is 5.74. The van der Waals surface area contributed by atoms with E-state index < -0.39 is 42.5 Å². The maximum Gasteiger partial charge on any atom is 0.414 e. The third-order valence-corrected chi connectivity index (χ3v) is 5.74. The molecule has 10 nitrogen and oxygen atoms in total. The van der Waals surface area contributed by atoms with E-state index in [9.17, 15) is 23.2 Å². The highest BCUT2D eigenvalue weighted by atomic mass is 19.3. The SMILES string of the molecule is O=C(CC[C@H]1CN(c2cc(F)c(N3CCON(C(=O)Cc4ccon4)CC3)c(F)c2)C(=O)O1)C(F)F. The van der Waals surface area contributed by atoms with Gasteiger partial charge in [-0.2, -0.15) is 0 Å². The van der Waals surface area contributed by atoms with Crippen molar-refractivity contribution in [3.63, 3.8) is 0 Å². The van der Waals surface area contributed by atoms with Crippen LogP contribution in [0.5, 0.6) is 0 Å². The number of ether oxygens (including phenoxy) is 1. The van der Waals surface area contributed by atoms with Crippen molar-refractivity contribution in [1.82, 2.24) is 10.2 Å². The zero-order valence-electron chi connectivity index (χ0n) is 18.9. The molecule has 2 aliphatic rings. The minimum atomic E-state index is -3.11. The topological polar surface area (TPSA) is 105 Å². The van der Waals surface area contributed by atoms with Gasteiger partial charge in [0.1, 0.15) is 18.1 Å². The number of hydrogen-bond donors (Lipinski definition) is 0. The van der Waals surface area contributed by atoms with Gasteiger partial charge in [-0.05, 0) is 6.42 Å². The summed E-state index contributed by atoms with van der Waals surface area (Å²) in [5, 5.41) is 4.78. The van der Waals surface area contributed by atoms with E-state index in [2.05, 4.69) is 5.16 Å². The van der Waals surface area contributed by atoms with E-state index in [1.54, 1.807) is 0 Å². The van der Waals surface area contributed by atoms with E-state index in [0.717, 1.165) is 22.1 Å². The highest BCUT2D eigenvalue weighted by Crippen LogP contribution is 2.32. The van der Waals surface area contributed by atoms with Crippen molar-refractivity contribution in [1.29, 1.82) is 0 Å². The number of hydrogen-bond acceptors (Lipinski definition) is 8. The van der Waals surface area contributed by atoms with Crippen LogP contribution in [0.2, 0.25) is 0 Å². The molecule has 0 aliphatic carbocycles. The second-order valence-corrected chi connectivity index (χ2v) is 8.16. The Morgan fingerprint density at radius 2 is 1.89 bits per heavy atom. The van der Waals surface area contributed by atoms with Gasteiger partial charge in [-0.15, -0.1) is 0 Å². The molecule has 1 atom stereocenters. The number of carbonyl (C=O) groups excluding carboxylic acids is 3. The Bertz CT molecular complexity index is 1090. The number of ketones is 1. The molecule has 0 spiro atoms. The predicted octanol–water partition coefficient (Wildman–Crippen LogP) is 2.72. The number of anilines is 2. The molecule has 0 unspecified atom stereocenters. The number of benzene rings is 1. The lowest BCUT2D eigenvalue weighted by Gasteiger charge is -2.24. The molecule has 0 saturated carbocycles. The summed E-state index contributed by atoms with van der Waals surface area (Å²) in [5.74, 6) is -3.56. The van der Waals surface area contributed by atoms with Crippen molar-refractivity contribution in [3.05, 3.63) is 41.8 Å². The Labute approximate surface area is 202 Å². The van der Waals surface area contributed by atoms with Gasteiger partial charge < -0.3 is 14.2 Å². The van der Waals surface area contributed by atoms with E-state index in [1.165, 1.54) is 17.2 Å². The van der Waals surface area contributed by atoms with Gasteiger partial charge >= 0.3 is 6.09 Å². The lowest BCUT2D eigenvalue weighted by Crippen LogP contribution is -2.35. The maximum atomic E-state index is 15.0. The van der Waals surface area contributed by atoms with Gasteiger partial charge in [-0.1, -0.05) is 5.16 Å². The fraction of sp³-hybridized carbons (Fsp3) is 0.455. The molecule has 1 aromatic carbocycles. The Kier molecular flexibility index (Phi) is 7.72. The summed E-state index contributed by atoms with van der Waals surface area (Å²) in [6.45, 7) is 0.0435. The van der Waals surface area contributed by atoms with Crippen LogP contribution in [-0.4, -0.2) is 73.3 Å². The van der Waals surface area contributed by atoms with Crippen LogP contribution in [-0.2, 0) is 25.6 Å². The second-order valence-electron chi connectivity index (χ2n) is 8.16. The van der Waals surface area contributed by atoms with Crippen LogP contribution in [0.1, 0.15) is 18.5 Å². The van der Waals surface area contributed by atoms with Crippen LogP contribution in [0.4, 0.5) is 33.7 Å². The fourth-order valence-electron chi connectivity index (χ4n) is 3.95. The molecule has 0 bridgehead atoms. The summed E-state index contributed by atoms with van der Waals surface area (Å²) in [7, 11) is 0. The molecule has 36 heavy (non-hydrogen) atoms. The number of Topliss-reactive ketones (excluding diaryl/α,β-unsaturated/α-hetero) is 1. The standard InChI is InChI=1S/C22H22F4N4O6/c23-16-10-14(29-12-15(36-22(29)33)1-2-18(31)21(25)26)11-17(24)20(16)28-4-5-30(35-8-6-28)19(32)9-13-3-7-34-27-13/h3,7,10-11,15,21H,1-2,4-6,8-9,12H2/t15-/m0/s1. The van der Waals surface area contributed by atoms with E-state index in [1.807, 2.05) is 0 Å². The number of halogens is 4. The third kappa shape index (κ3) is 5.75. The van der Waals surface area contributed by atoms with Gasteiger partial charge in [-0.25, -0.2) is 27.4 Å². The van der Waals surface area contributed by atoms with Crippen molar-refractivity contribution < 1.29 is 46.0 Å². The summed E-state index contributed by atoms with van der Waals surface area (Å²) in [6.07, 6.45) is -4.22. The lowest BCUT2D eigenvalue weighted by atomic mass is 10.1. The normalized spacial score (nSPS) is 18.5. The zero-order valence-corrected chi connectivity index (χ0v) is 18.9. The number of cyclic esters (lactones) is 1. The van der Waals surface area contributed by atoms with Crippen molar-refractivity contribution >= 4 is 29.2 Å². The van der Waals surface area contributed by atoms with Crippen molar-refractivity contribution in [2.24, 2.45) is 0 Å². The van der Waals surface area contributed by atoms with Crippen LogP contribution in [0, 0.1) is 11.6 Å². The summed E-state index contributed by atoms with van der Waals surface area (Å²) in [6, 6.07) is 3.47. The van der Waals surface area contributed by atoms with Crippen LogP contribution in [0.15, 0.2) is 29.0 Å². The monoisotopic (exact) mass is 514 g/mol. The largest absolute Gasteiger partial charge is 0.444 e. The van der Waals surface area contributed by atoms with E-state index >= 15 is 8.78 Å². The van der Waals surface area contributed by atoms with Gasteiger partial charge in [0.2, 0.25) is 0 Å². The molecule has 4 rings (SSSR count). The van der Waals surface area contributed by atoms with Gasteiger partial charge in [0.15, 0.2) is 17.4 Å². The number of amides is 2. The van der Waals surface area contributed by atoms with E-state index in [-0.39, 0.29) is 62.9 Å². The molecule has 0 N–H and O–H groups in total. The summed E-state index contributed by atoms with van der Waals surface area (Å²) < 4.78 is 64.5. The zero-order chi connectivity index (χ0) is 25.8. The summed E-state index contributed by atoms with van der Waals surface area (Å²) >= 11 is 0. The van der Waals surface area contributed by atoms with Crippen LogP contribution >= 0.6 is 0 Å². The van der Waals surface area contributed by atoms with Crippen LogP contribution < -0.4 is 9.80 Å². The number of rotatable bonds is 8. The van der Waals surface area contributed by atoms with Crippen molar-refractivity contribution in [3.8, 4) is 0 Å². The molecule has 14 heteroatoms. The molecular weight excluding hydrogens is 492 g/mol. The molecular formula is C22H22F4N4O6. The van der Waals surface area contributed by atoms with Gasteiger partial charge in [0.05, 0.1) is 37.5 Å². The number of aromatic nitrogens is 1. The molecule has 2 amide bonds. The lowest BCUT2D eigenvalue weighted by molar-refractivity contribution is -0.181. The summed E-state index contributed by atoms with van der Waals surface area (Å²) in [5.41, 5.74) is -0.0441. The molecule has 2 aliphatic heterocycles. The van der Waals surface area contributed by atoms with E-state index in [0.29, 0.717) is 5.69 Å².